The molecule has 1 aliphatic rings. The highest BCUT2D eigenvalue weighted by Crippen LogP contribution is 2.39. The number of benzene rings is 3. The van der Waals surface area contributed by atoms with Crippen molar-refractivity contribution < 1.29 is 0 Å². The summed E-state index contributed by atoms with van der Waals surface area (Å²) in [5, 5.41) is 2.63. The molecule has 3 aromatic carbocycles. The minimum atomic E-state index is 0.118. The first kappa shape index (κ1) is 26.0. The van der Waals surface area contributed by atoms with Crippen LogP contribution in [-0.2, 0) is 6.42 Å². The van der Waals surface area contributed by atoms with Crippen LogP contribution < -0.4 is 0 Å². The molecule has 0 heterocycles. The zero-order valence-corrected chi connectivity index (χ0v) is 23.3. The Morgan fingerprint density at radius 1 is 0.944 bits per heavy atom. The van der Waals surface area contributed by atoms with Gasteiger partial charge in [0.25, 0.3) is 0 Å². The molecular weight excluding hydrogens is 432 g/mol. The summed E-state index contributed by atoms with van der Waals surface area (Å²) < 4.78 is 0. The molecule has 4 rings (SSSR count). The number of rotatable bonds is 6. The second kappa shape index (κ2) is 10.9. The second-order valence-corrected chi connectivity index (χ2v) is 11.5. The molecule has 0 radical (unpaired) electrons. The summed E-state index contributed by atoms with van der Waals surface area (Å²) >= 11 is 0. The van der Waals surface area contributed by atoms with Crippen LogP contribution in [0.3, 0.4) is 0 Å². The van der Waals surface area contributed by atoms with Gasteiger partial charge in [0.1, 0.15) is 0 Å². The van der Waals surface area contributed by atoms with Crippen LogP contribution in [0.5, 0.6) is 0 Å². The Morgan fingerprint density at radius 2 is 1.72 bits per heavy atom. The Morgan fingerprint density at radius 3 is 2.47 bits per heavy atom. The van der Waals surface area contributed by atoms with E-state index in [0.717, 1.165) is 19.3 Å². The molecule has 0 amide bonds. The fraction of sp³-hybridized carbons (Fsp3) is 0.333. The van der Waals surface area contributed by atoms with Crippen LogP contribution in [0.1, 0.15) is 88.6 Å². The van der Waals surface area contributed by atoms with Gasteiger partial charge in [-0.2, -0.15) is 0 Å². The van der Waals surface area contributed by atoms with Crippen molar-refractivity contribution in [3.05, 3.63) is 117 Å². The van der Waals surface area contributed by atoms with Gasteiger partial charge in [-0.05, 0) is 89.6 Å². The van der Waals surface area contributed by atoms with Gasteiger partial charge < -0.3 is 0 Å². The average Bonchev–Trinajstić information content (AvgIpc) is 3.00. The van der Waals surface area contributed by atoms with E-state index in [2.05, 4.69) is 127 Å². The van der Waals surface area contributed by atoms with E-state index in [4.69, 9.17) is 0 Å². The van der Waals surface area contributed by atoms with Gasteiger partial charge in [-0.3, -0.25) is 0 Å². The van der Waals surface area contributed by atoms with Crippen LogP contribution in [0.15, 0.2) is 89.5 Å². The maximum Gasteiger partial charge on any atom is -0.00853 e. The fourth-order valence-corrected chi connectivity index (χ4v) is 5.39. The van der Waals surface area contributed by atoms with Gasteiger partial charge in [-0.25, -0.2) is 0 Å². The van der Waals surface area contributed by atoms with Crippen LogP contribution in [0.2, 0.25) is 0 Å². The molecule has 0 bridgehead atoms. The number of hydrogen-bond acceptors (Lipinski definition) is 0. The second-order valence-electron chi connectivity index (χ2n) is 11.5. The summed E-state index contributed by atoms with van der Waals surface area (Å²) in [5.74, 6) is 0. The van der Waals surface area contributed by atoms with E-state index >= 15 is 0 Å². The lowest BCUT2D eigenvalue weighted by atomic mass is 9.82. The zero-order chi connectivity index (χ0) is 25.9. The average molecular weight is 475 g/mol. The molecule has 0 aromatic heterocycles. The largest absolute Gasteiger partial charge is 0.0798 e. The molecule has 0 fully saturated rings. The summed E-state index contributed by atoms with van der Waals surface area (Å²) in [4.78, 5) is 0. The highest BCUT2D eigenvalue weighted by atomic mass is 14.2. The quantitative estimate of drug-likeness (QED) is 0.312. The number of fused-ring (bicyclic) bond motifs is 3. The third-order valence-electron chi connectivity index (χ3n) is 7.36. The van der Waals surface area contributed by atoms with E-state index in [1.807, 2.05) is 0 Å². The van der Waals surface area contributed by atoms with E-state index in [9.17, 15) is 0 Å². The van der Waals surface area contributed by atoms with E-state index in [1.165, 1.54) is 67.3 Å². The van der Waals surface area contributed by atoms with Gasteiger partial charge in [-0.1, -0.05) is 130 Å². The minimum Gasteiger partial charge on any atom is -0.0798 e. The first-order valence-electron chi connectivity index (χ1n) is 13.5. The zero-order valence-electron chi connectivity index (χ0n) is 23.3. The Bertz CT molecular complexity index is 1380. The number of hydrogen-bond donors (Lipinski definition) is 0. The molecule has 0 atom stereocenters. The molecule has 0 aliphatic heterocycles. The highest BCUT2D eigenvalue weighted by Gasteiger charge is 2.20. The predicted molar refractivity (Wildman–Crippen MR) is 160 cm³/mol. The summed E-state index contributed by atoms with van der Waals surface area (Å²) in [6.45, 7) is 16.0. The Hall–Kier alpha value is -3.12. The van der Waals surface area contributed by atoms with Crippen LogP contribution in [0.4, 0.5) is 0 Å². The maximum atomic E-state index is 2.47. The van der Waals surface area contributed by atoms with Gasteiger partial charge in [0.15, 0.2) is 0 Å². The van der Waals surface area contributed by atoms with E-state index in [-0.39, 0.29) is 5.41 Å². The van der Waals surface area contributed by atoms with Crippen molar-refractivity contribution >= 4 is 22.4 Å². The Labute approximate surface area is 219 Å². The third-order valence-corrected chi connectivity index (χ3v) is 7.36. The normalized spacial score (nSPS) is 14.9. The van der Waals surface area contributed by atoms with Crippen LogP contribution in [-0.4, -0.2) is 0 Å². The molecule has 0 saturated carbocycles. The molecular formula is C36H42. The van der Waals surface area contributed by atoms with Crippen molar-refractivity contribution in [2.24, 2.45) is 5.41 Å². The molecule has 0 nitrogen and oxygen atoms in total. The lowest BCUT2D eigenvalue weighted by Crippen LogP contribution is -2.09. The maximum absolute atomic E-state index is 2.47. The molecule has 0 unspecified atom stereocenters. The van der Waals surface area contributed by atoms with Gasteiger partial charge in [0.2, 0.25) is 0 Å². The summed E-state index contributed by atoms with van der Waals surface area (Å²) in [7, 11) is 0. The van der Waals surface area contributed by atoms with E-state index in [0.29, 0.717) is 0 Å². The standard InChI is InChI=1S/C36H42/c1-8-12-25(2)23-30(36(5,6)7)21-19-29-18-17-26(3)24-34(29)35-27(4)13-11-16-32-31-15-10-9-14-28(31)20-22-33(32)35/h9-11,14-18,20-24H,8,12-13,19H2,1-7H3. The fourth-order valence-electron chi connectivity index (χ4n) is 5.39. The Balaban J connectivity index is 1.86. The van der Waals surface area contributed by atoms with Crippen molar-refractivity contribution in [1.29, 1.82) is 0 Å². The summed E-state index contributed by atoms with van der Waals surface area (Å²) in [6, 6.07) is 20.4. The smallest absolute Gasteiger partial charge is 0.00853 e. The van der Waals surface area contributed by atoms with Crippen LogP contribution in [0.25, 0.3) is 22.4 Å². The number of aryl methyl sites for hydroxylation is 1. The predicted octanol–water partition coefficient (Wildman–Crippen LogP) is 10.6. The van der Waals surface area contributed by atoms with Crippen molar-refractivity contribution in [3.8, 4) is 0 Å². The van der Waals surface area contributed by atoms with E-state index < -0.39 is 0 Å². The lowest BCUT2D eigenvalue weighted by molar-refractivity contribution is 0.514. The van der Waals surface area contributed by atoms with Crippen molar-refractivity contribution in [1.82, 2.24) is 0 Å². The topological polar surface area (TPSA) is 0 Å². The van der Waals surface area contributed by atoms with Gasteiger partial charge in [0.05, 0.1) is 0 Å². The Kier molecular flexibility index (Phi) is 7.84. The first-order chi connectivity index (χ1) is 17.2. The van der Waals surface area contributed by atoms with Gasteiger partial charge in [-0.15, -0.1) is 0 Å². The van der Waals surface area contributed by atoms with E-state index in [1.54, 1.807) is 0 Å². The molecule has 1 aliphatic carbocycles. The van der Waals surface area contributed by atoms with Gasteiger partial charge in [0, 0.05) is 0 Å². The monoisotopic (exact) mass is 474 g/mol. The summed E-state index contributed by atoms with van der Waals surface area (Å²) in [5.41, 5.74) is 12.7. The highest BCUT2D eigenvalue weighted by molar-refractivity contribution is 5.99. The molecule has 36 heavy (non-hydrogen) atoms. The van der Waals surface area contributed by atoms with Crippen LogP contribution >= 0.6 is 0 Å². The molecule has 0 heteroatoms. The third kappa shape index (κ3) is 5.65. The SMILES string of the molecule is CCCC(C)=CC(=CCc1ccc(C)cc1C1=C(C)CC=Cc2c1ccc1ccccc21)C(C)(C)C. The molecule has 0 N–H and O–H groups in total. The molecule has 186 valence electrons. The molecule has 0 spiro atoms. The summed E-state index contributed by atoms with van der Waals surface area (Å²) in [6.07, 6.45) is 13.8. The van der Waals surface area contributed by atoms with Crippen molar-refractivity contribution in [2.75, 3.05) is 0 Å². The number of allylic oxidation sites excluding steroid dienone is 6. The van der Waals surface area contributed by atoms with Crippen molar-refractivity contribution in [3.63, 3.8) is 0 Å². The van der Waals surface area contributed by atoms with Gasteiger partial charge >= 0.3 is 0 Å². The first-order valence-corrected chi connectivity index (χ1v) is 13.5. The van der Waals surface area contributed by atoms with Crippen molar-refractivity contribution in [2.45, 2.75) is 74.1 Å². The molecule has 3 aromatic rings. The lowest BCUT2D eigenvalue weighted by Gasteiger charge is -2.23. The van der Waals surface area contributed by atoms with Crippen LogP contribution in [0, 0.1) is 12.3 Å². The minimum absolute atomic E-state index is 0.118. The molecule has 0 saturated heterocycles.